The quantitative estimate of drug-likeness (QED) is 0.780. The average Bonchev–Trinajstić information content (AvgIpc) is 2.97. The minimum Gasteiger partial charge on any atom is -0.461 e. The van der Waals surface area contributed by atoms with Crippen molar-refractivity contribution >= 4 is 16.0 Å². The Balaban J connectivity index is 2.37. The van der Waals surface area contributed by atoms with Crippen molar-refractivity contribution in [2.75, 3.05) is 13.7 Å². The first-order valence-electron chi connectivity index (χ1n) is 6.11. The second-order valence-electron chi connectivity index (χ2n) is 3.97. The van der Waals surface area contributed by atoms with Crippen LogP contribution in [0.15, 0.2) is 29.2 Å². The number of hydrogen-bond donors (Lipinski definition) is 2. The zero-order valence-electron chi connectivity index (χ0n) is 11.5. The maximum Gasteiger partial charge on any atom is 0.361 e. The number of nitrogens with one attached hydrogen (secondary N) is 2. The number of esters is 1. The molecule has 0 aliphatic rings. The molecule has 0 amide bonds. The van der Waals surface area contributed by atoms with Crippen LogP contribution in [0.2, 0.25) is 0 Å². The van der Waals surface area contributed by atoms with Crippen molar-refractivity contribution in [2.24, 2.45) is 0 Å². The van der Waals surface area contributed by atoms with E-state index in [1.807, 2.05) is 0 Å². The van der Waals surface area contributed by atoms with Crippen LogP contribution < -0.4 is 4.72 Å². The second-order valence-corrected chi connectivity index (χ2v) is 5.86. The van der Waals surface area contributed by atoms with E-state index >= 15 is 0 Å². The molecule has 1 aromatic heterocycles. The van der Waals surface area contributed by atoms with E-state index in [9.17, 15) is 13.2 Å². The largest absolute Gasteiger partial charge is 0.461 e. The van der Waals surface area contributed by atoms with E-state index < -0.39 is 16.0 Å². The molecule has 0 atom stereocenters. The molecule has 1 heterocycles. The van der Waals surface area contributed by atoms with Crippen LogP contribution in [0.1, 0.15) is 17.4 Å². The standard InChI is InChI=1S/C12H14N4O4S/c1-3-20-12(17)11-10(14-16-15-11)8-4-6-9(7-5-8)21(18,19)13-2/h4-7,13H,3H2,1-2H3,(H,14,15,16). The van der Waals surface area contributed by atoms with Gasteiger partial charge in [0.15, 0.2) is 5.69 Å². The van der Waals surface area contributed by atoms with Crippen LogP contribution >= 0.6 is 0 Å². The molecule has 0 radical (unpaired) electrons. The highest BCUT2D eigenvalue weighted by Crippen LogP contribution is 2.22. The maximum atomic E-state index is 11.7. The lowest BCUT2D eigenvalue weighted by Crippen LogP contribution is -2.18. The smallest absolute Gasteiger partial charge is 0.361 e. The van der Waals surface area contributed by atoms with E-state index in [0.29, 0.717) is 11.3 Å². The van der Waals surface area contributed by atoms with Gasteiger partial charge in [-0.15, -0.1) is 5.10 Å². The Labute approximate surface area is 121 Å². The van der Waals surface area contributed by atoms with Crippen molar-refractivity contribution in [3.8, 4) is 11.3 Å². The highest BCUT2D eigenvalue weighted by atomic mass is 32.2. The van der Waals surface area contributed by atoms with Gasteiger partial charge in [-0.25, -0.2) is 17.9 Å². The summed E-state index contributed by atoms with van der Waals surface area (Å²) >= 11 is 0. The molecule has 9 heteroatoms. The topological polar surface area (TPSA) is 114 Å². The first kappa shape index (κ1) is 15.1. The summed E-state index contributed by atoms with van der Waals surface area (Å²) in [6.07, 6.45) is 0. The third-order valence-corrected chi connectivity index (χ3v) is 4.15. The Morgan fingerprint density at radius 1 is 1.29 bits per heavy atom. The van der Waals surface area contributed by atoms with Gasteiger partial charge >= 0.3 is 5.97 Å². The Kier molecular flexibility index (Phi) is 4.34. The monoisotopic (exact) mass is 310 g/mol. The van der Waals surface area contributed by atoms with Crippen molar-refractivity contribution in [3.05, 3.63) is 30.0 Å². The van der Waals surface area contributed by atoms with Gasteiger partial charge in [-0.3, -0.25) is 0 Å². The van der Waals surface area contributed by atoms with Crippen LogP contribution in [-0.4, -0.2) is 43.5 Å². The number of carbonyl (C=O) groups excluding carboxylic acids is 1. The summed E-state index contributed by atoms with van der Waals surface area (Å²) in [5.74, 6) is -0.590. The van der Waals surface area contributed by atoms with Crippen molar-refractivity contribution < 1.29 is 17.9 Å². The minimum atomic E-state index is -3.50. The molecule has 2 aromatic rings. The lowest BCUT2D eigenvalue weighted by molar-refractivity contribution is 0.0520. The summed E-state index contributed by atoms with van der Waals surface area (Å²) in [5, 5.41) is 10.0. The predicted octanol–water partition coefficient (Wildman–Crippen LogP) is 0.556. The predicted molar refractivity (Wildman–Crippen MR) is 74.0 cm³/mol. The summed E-state index contributed by atoms with van der Waals surface area (Å²) in [4.78, 5) is 11.8. The molecule has 112 valence electrons. The molecule has 8 nitrogen and oxygen atoms in total. The summed E-state index contributed by atoms with van der Waals surface area (Å²) in [7, 11) is -2.17. The van der Waals surface area contributed by atoms with Crippen LogP contribution in [0, 0.1) is 0 Å². The molecular formula is C12H14N4O4S. The molecule has 0 aliphatic carbocycles. The van der Waals surface area contributed by atoms with E-state index in [2.05, 4.69) is 20.1 Å². The Hall–Kier alpha value is -2.26. The molecule has 0 aliphatic heterocycles. The van der Waals surface area contributed by atoms with Crippen LogP contribution in [-0.2, 0) is 14.8 Å². The van der Waals surface area contributed by atoms with Gasteiger partial charge in [-0.2, -0.15) is 10.3 Å². The van der Waals surface area contributed by atoms with Gasteiger partial charge in [0.05, 0.1) is 11.5 Å². The summed E-state index contributed by atoms with van der Waals surface area (Å²) < 4.78 is 30.4. The number of H-pyrrole nitrogens is 1. The van der Waals surface area contributed by atoms with E-state index in [-0.39, 0.29) is 17.2 Å². The molecular weight excluding hydrogens is 296 g/mol. The van der Waals surface area contributed by atoms with Gasteiger partial charge in [-0.1, -0.05) is 12.1 Å². The lowest BCUT2D eigenvalue weighted by atomic mass is 10.1. The number of carbonyl (C=O) groups is 1. The Morgan fingerprint density at radius 2 is 1.95 bits per heavy atom. The average molecular weight is 310 g/mol. The highest BCUT2D eigenvalue weighted by Gasteiger charge is 2.19. The molecule has 0 saturated carbocycles. The Bertz CT molecular complexity index is 737. The molecule has 0 saturated heterocycles. The molecule has 1 aromatic carbocycles. The van der Waals surface area contributed by atoms with Crippen LogP contribution in [0.4, 0.5) is 0 Å². The summed E-state index contributed by atoms with van der Waals surface area (Å²) in [6.45, 7) is 1.92. The number of benzene rings is 1. The zero-order valence-corrected chi connectivity index (χ0v) is 12.3. The van der Waals surface area contributed by atoms with Crippen molar-refractivity contribution in [1.29, 1.82) is 0 Å². The molecule has 2 N–H and O–H groups in total. The van der Waals surface area contributed by atoms with Gasteiger partial charge in [0.2, 0.25) is 10.0 Å². The normalized spacial score (nSPS) is 11.3. The first-order chi connectivity index (χ1) is 9.99. The van der Waals surface area contributed by atoms with Crippen molar-refractivity contribution in [3.63, 3.8) is 0 Å². The van der Waals surface area contributed by atoms with Gasteiger partial charge in [0, 0.05) is 5.56 Å². The van der Waals surface area contributed by atoms with Crippen LogP contribution in [0.25, 0.3) is 11.3 Å². The molecule has 21 heavy (non-hydrogen) atoms. The SMILES string of the molecule is CCOC(=O)c1n[nH]nc1-c1ccc(S(=O)(=O)NC)cc1. The van der Waals surface area contributed by atoms with E-state index in [1.165, 1.54) is 19.2 Å². The molecule has 2 rings (SSSR count). The minimum absolute atomic E-state index is 0.0565. The van der Waals surface area contributed by atoms with Crippen LogP contribution in [0.3, 0.4) is 0 Å². The maximum absolute atomic E-state index is 11.7. The fourth-order valence-corrected chi connectivity index (χ4v) is 2.41. The van der Waals surface area contributed by atoms with E-state index in [1.54, 1.807) is 19.1 Å². The summed E-state index contributed by atoms with van der Waals surface area (Å²) in [6, 6.07) is 5.94. The fraction of sp³-hybridized carbons (Fsp3) is 0.250. The van der Waals surface area contributed by atoms with Gasteiger partial charge in [-0.05, 0) is 26.1 Å². The van der Waals surface area contributed by atoms with Crippen LogP contribution in [0.5, 0.6) is 0 Å². The van der Waals surface area contributed by atoms with Gasteiger partial charge in [0.1, 0.15) is 5.69 Å². The third kappa shape index (κ3) is 3.09. The number of sulfonamides is 1. The zero-order chi connectivity index (χ0) is 15.5. The van der Waals surface area contributed by atoms with E-state index in [0.717, 1.165) is 0 Å². The highest BCUT2D eigenvalue weighted by molar-refractivity contribution is 7.89. The fourth-order valence-electron chi connectivity index (χ4n) is 1.68. The lowest BCUT2D eigenvalue weighted by Gasteiger charge is -2.04. The third-order valence-electron chi connectivity index (χ3n) is 2.72. The second kappa shape index (κ2) is 6.02. The molecule has 0 unspecified atom stereocenters. The van der Waals surface area contributed by atoms with E-state index in [4.69, 9.17) is 4.74 Å². The Morgan fingerprint density at radius 3 is 2.52 bits per heavy atom. The number of aromatic nitrogens is 3. The number of nitrogens with zero attached hydrogens (tertiary/aromatic N) is 2. The first-order valence-corrected chi connectivity index (χ1v) is 7.59. The number of ether oxygens (including phenoxy) is 1. The number of aromatic amines is 1. The van der Waals surface area contributed by atoms with Crippen molar-refractivity contribution in [1.82, 2.24) is 20.1 Å². The number of rotatable bonds is 5. The number of hydrogen-bond acceptors (Lipinski definition) is 6. The molecule has 0 fully saturated rings. The van der Waals surface area contributed by atoms with Gasteiger partial charge in [0.25, 0.3) is 0 Å². The van der Waals surface area contributed by atoms with Gasteiger partial charge < -0.3 is 4.74 Å². The van der Waals surface area contributed by atoms with Crippen molar-refractivity contribution in [2.45, 2.75) is 11.8 Å². The molecule has 0 spiro atoms. The molecule has 0 bridgehead atoms. The summed E-state index contributed by atoms with van der Waals surface area (Å²) in [5.41, 5.74) is 0.921.